The summed E-state index contributed by atoms with van der Waals surface area (Å²) in [7, 11) is 1.58. The van der Waals surface area contributed by atoms with E-state index >= 15 is 0 Å². The Morgan fingerprint density at radius 3 is 2.76 bits per heavy atom. The van der Waals surface area contributed by atoms with Gasteiger partial charge in [0.25, 0.3) is 0 Å². The first-order valence-corrected chi connectivity index (χ1v) is 7.93. The zero-order valence-corrected chi connectivity index (χ0v) is 14.6. The highest BCUT2D eigenvalue weighted by Gasteiger charge is 2.34. The van der Waals surface area contributed by atoms with Crippen molar-refractivity contribution < 1.29 is 14.2 Å². The monoisotopic (exact) mass is 340 g/mol. The van der Waals surface area contributed by atoms with Crippen LogP contribution in [0.3, 0.4) is 0 Å². The number of fused-ring (bicyclic) bond motifs is 1. The van der Waals surface area contributed by atoms with Gasteiger partial charge in [-0.3, -0.25) is 5.10 Å². The molecular formula is C18H20N4O3. The van der Waals surface area contributed by atoms with Crippen molar-refractivity contribution in [3.8, 4) is 23.4 Å². The summed E-state index contributed by atoms with van der Waals surface area (Å²) in [5, 5.41) is 16.6. The predicted molar refractivity (Wildman–Crippen MR) is 91.4 cm³/mol. The Morgan fingerprint density at radius 2 is 2.12 bits per heavy atom. The van der Waals surface area contributed by atoms with Crippen LogP contribution in [0.5, 0.6) is 17.4 Å². The Kier molecular flexibility index (Phi) is 4.28. The Bertz CT molecular complexity index is 877. The number of rotatable bonds is 4. The van der Waals surface area contributed by atoms with E-state index in [9.17, 15) is 5.26 Å². The van der Waals surface area contributed by atoms with E-state index in [4.69, 9.17) is 19.9 Å². The van der Waals surface area contributed by atoms with E-state index in [1.165, 1.54) is 0 Å². The molecule has 0 fully saturated rings. The third-order valence-corrected chi connectivity index (χ3v) is 4.01. The number of methoxy groups -OCH3 is 1. The zero-order chi connectivity index (χ0) is 18.1. The molecule has 2 heterocycles. The maximum atomic E-state index is 9.59. The molecule has 0 bridgehead atoms. The van der Waals surface area contributed by atoms with Gasteiger partial charge in [0.05, 0.1) is 19.1 Å². The number of aryl methyl sites for hydroxylation is 1. The normalized spacial score (nSPS) is 16.2. The highest BCUT2D eigenvalue weighted by molar-refractivity contribution is 5.57. The van der Waals surface area contributed by atoms with Crippen molar-refractivity contribution in [3.63, 3.8) is 0 Å². The Morgan fingerprint density at radius 1 is 1.36 bits per heavy atom. The summed E-state index contributed by atoms with van der Waals surface area (Å²) in [6.07, 6.45) is 0.0239. The van der Waals surface area contributed by atoms with Crippen LogP contribution < -0.4 is 19.9 Å². The number of allylic oxidation sites excluding steroid dienone is 1. The SMILES string of the molecule is COc1cc([C@H]2C(C#N)=C(N)Oc3n[nH]c(C)c32)ccc1OC(C)C. The third kappa shape index (κ3) is 2.87. The summed E-state index contributed by atoms with van der Waals surface area (Å²) in [5.74, 6) is 1.31. The summed E-state index contributed by atoms with van der Waals surface area (Å²) in [6.45, 7) is 5.78. The van der Waals surface area contributed by atoms with Crippen molar-refractivity contribution in [1.82, 2.24) is 10.2 Å². The predicted octanol–water partition coefficient (Wildman–Crippen LogP) is 2.73. The lowest BCUT2D eigenvalue weighted by Crippen LogP contribution is -2.21. The van der Waals surface area contributed by atoms with Crippen molar-refractivity contribution in [1.29, 1.82) is 5.26 Å². The molecule has 0 saturated heterocycles. The third-order valence-electron chi connectivity index (χ3n) is 4.01. The van der Waals surface area contributed by atoms with Crippen LogP contribution in [0.1, 0.15) is 36.6 Å². The number of hydrogen-bond acceptors (Lipinski definition) is 6. The molecule has 0 spiro atoms. The maximum Gasteiger partial charge on any atom is 0.244 e. The van der Waals surface area contributed by atoms with Crippen molar-refractivity contribution >= 4 is 0 Å². The van der Waals surface area contributed by atoms with E-state index in [1.807, 2.05) is 39.0 Å². The van der Waals surface area contributed by atoms with Crippen LogP contribution in [-0.4, -0.2) is 23.4 Å². The van der Waals surface area contributed by atoms with E-state index in [1.54, 1.807) is 7.11 Å². The van der Waals surface area contributed by atoms with E-state index in [-0.39, 0.29) is 17.9 Å². The topological polar surface area (TPSA) is 106 Å². The van der Waals surface area contributed by atoms with Crippen molar-refractivity contribution in [2.75, 3.05) is 7.11 Å². The van der Waals surface area contributed by atoms with E-state index in [0.29, 0.717) is 23.0 Å². The van der Waals surface area contributed by atoms with Crippen LogP contribution in [-0.2, 0) is 0 Å². The van der Waals surface area contributed by atoms with Crippen LogP contribution in [0, 0.1) is 18.3 Å². The first kappa shape index (κ1) is 16.7. The lowest BCUT2D eigenvalue weighted by Gasteiger charge is -2.24. The molecule has 1 aromatic carbocycles. The summed E-state index contributed by atoms with van der Waals surface area (Å²) in [4.78, 5) is 0. The Balaban J connectivity index is 2.14. The molecule has 0 unspecified atom stereocenters. The van der Waals surface area contributed by atoms with Crippen LogP contribution in [0.4, 0.5) is 0 Å². The van der Waals surface area contributed by atoms with E-state index in [2.05, 4.69) is 16.3 Å². The van der Waals surface area contributed by atoms with Crippen molar-refractivity contribution in [3.05, 3.63) is 46.5 Å². The fraction of sp³-hybridized carbons (Fsp3) is 0.333. The molecule has 1 aliphatic heterocycles. The number of nitrogens with one attached hydrogen (secondary N) is 1. The molecule has 1 aliphatic rings. The van der Waals surface area contributed by atoms with Gasteiger partial charge in [0.1, 0.15) is 11.6 Å². The molecule has 0 aliphatic carbocycles. The molecule has 1 aromatic heterocycles. The van der Waals surface area contributed by atoms with Crippen LogP contribution in [0.25, 0.3) is 0 Å². The standard InChI is InChI=1S/C18H20N4O3/c1-9(2)24-13-6-5-11(7-14(13)23-4)16-12(8-19)17(20)25-18-15(16)10(3)21-22-18/h5-7,9,16H,20H2,1-4H3,(H,21,22)/t16-/m0/s1. The van der Waals surface area contributed by atoms with Gasteiger partial charge in [0, 0.05) is 11.3 Å². The van der Waals surface area contributed by atoms with Gasteiger partial charge >= 0.3 is 0 Å². The van der Waals surface area contributed by atoms with Crippen LogP contribution >= 0.6 is 0 Å². The number of H-pyrrole nitrogens is 1. The zero-order valence-electron chi connectivity index (χ0n) is 14.6. The molecule has 25 heavy (non-hydrogen) atoms. The van der Waals surface area contributed by atoms with Crippen molar-refractivity contribution in [2.45, 2.75) is 32.8 Å². The Hall–Kier alpha value is -3.14. The molecular weight excluding hydrogens is 320 g/mol. The highest BCUT2D eigenvalue weighted by atomic mass is 16.5. The smallest absolute Gasteiger partial charge is 0.244 e. The van der Waals surface area contributed by atoms with E-state index in [0.717, 1.165) is 16.8 Å². The Labute approximate surface area is 146 Å². The molecule has 3 rings (SSSR count). The van der Waals surface area contributed by atoms with Gasteiger partial charge < -0.3 is 19.9 Å². The second kappa shape index (κ2) is 6.40. The lowest BCUT2D eigenvalue weighted by molar-refractivity contribution is 0.230. The molecule has 2 aromatic rings. The summed E-state index contributed by atoms with van der Waals surface area (Å²) in [5.41, 5.74) is 8.74. The number of aromatic nitrogens is 2. The van der Waals surface area contributed by atoms with E-state index < -0.39 is 0 Å². The largest absolute Gasteiger partial charge is 0.493 e. The first-order chi connectivity index (χ1) is 12.0. The molecule has 7 nitrogen and oxygen atoms in total. The minimum Gasteiger partial charge on any atom is -0.493 e. The maximum absolute atomic E-state index is 9.59. The fourth-order valence-corrected chi connectivity index (χ4v) is 2.95. The van der Waals surface area contributed by atoms with Gasteiger partial charge in [-0.2, -0.15) is 5.26 Å². The number of hydrogen-bond donors (Lipinski definition) is 2. The van der Waals surface area contributed by atoms with Crippen molar-refractivity contribution in [2.24, 2.45) is 5.73 Å². The average molecular weight is 340 g/mol. The molecule has 1 atom stereocenters. The van der Waals surface area contributed by atoms with Crippen LogP contribution in [0.2, 0.25) is 0 Å². The van der Waals surface area contributed by atoms with Crippen LogP contribution in [0.15, 0.2) is 29.7 Å². The minimum atomic E-state index is -0.380. The minimum absolute atomic E-state index is 0.0239. The summed E-state index contributed by atoms with van der Waals surface area (Å²) in [6, 6.07) is 7.75. The van der Waals surface area contributed by atoms with Gasteiger partial charge in [-0.15, -0.1) is 5.10 Å². The molecule has 130 valence electrons. The molecule has 0 radical (unpaired) electrons. The van der Waals surface area contributed by atoms with Gasteiger partial charge in [-0.05, 0) is 38.5 Å². The fourth-order valence-electron chi connectivity index (χ4n) is 2.95. The second-order valence-corrected chi connectivity index (χ2v) is 6.07. The molecule has 3 N–H and O–H groups in total. The number of nitrogens with two attached hydrogens (primary N) is 1. The summed E-state index contributed by atoms with van der Waals surface area (Å²) >= 11 is 0. The quantitative estimate of drug-likeness (QED) is 0.886. The van der Waals surface area contributed by atoms with Gasteiger partial charge in [-0.25, -0.2) is 0 Å². The number of nitrogens with zero attached hydrogens (tertiary/aromatic N) is 2. The molecule has 7 heteroatoms. The van der Waals surface area contributed by atoms with Gasteiger partial charge in [-0.1, -0.05) is 6.07 Å². The number of ether oxygens (including phenoxy) is 3. The first-order valence-electron chi connectivity index (χ1n) is 7.93. The average Bonchev–Trinajstić information content (AvgIpc) is 2.94. The molecule has 0 saturated carbocycles. The lowest BCUT2D eigenvalue weighted by atomic mass is 9.84. The summed E-state index contributed by atoms with van der Waals surface area (Å²) < 4.78 is 16.7. The van der Waals surface area contributed by atoms with Gasteiger partial charge in [0.15, 0.2) is 11.5 Å². The number of benzene rings is 1. The van der Waals surface area contributed by atoms with Gasteiger partial charge in [0.2, 0.25) is 11.8 Å². The number of aromatic amines is 1. The molecule has 0 amide bonds. The number of nitriles is 1. The highest BCUT2D eigenvalue weighted by Crippen LogP contribution is 2.44. The second-order valence-electron chi connectivity index (χ2n) is 6.07.